The summed E-state index contributed by atoms with van der Waals surface area (Å²) in [4.78, 5) is 0. The predicted octanol–water partition coefficient (Wildman–Crippen LogP) is 3.34. The average molecular weight is 145 g/mol. The Morgan fingerprint density at radius 1 is 1.78 bits per heavy atom. The van der Waals surface area contributed by atoms with Gasteiger partial charge in [-0.25, -0.2) is 0 Å². The minimum absolute atomic E-state index is 0.439. The van der Waals surface area contributed by atoms with Gasteiger partial charge in [-0.1, -0.05) is 30.7 Å². The van der Waals surface area contributed by atoms with E-state index in [-0.39, 0.29) is 0 Å². The molecule has 0 spiro atoms. The fourth-order valence-electron chi connectivity index (χ4n) is 0.647. The summed E-state index contributed by atoms with van der Waals surface area (Å²) in [5.41, 5.74) is 0. The Balaban J connectivity index is 3.72. The topological polar surface area (TPSA) is 0 Å². The van der Waals surface area contributed by atoms with Crippen molar-refractivity contribution in [2.75, 3.05) is 0 Å². The fourth-order valence-corrected chi connectivity index (χ4v) is 0.736. The minimum atomic E-state index is 0.439. The highest BCUT2D eigenvalue weighted by molar-refractivity contribution is 6.29. The molecule has 1 atom stereocenters. The molecule has 0 rings (SSSR count). The molecule has 0 fully saturated rings. The Bertz CT molecular complexity index is 114. The van der Waals surface area contributed by atoms with E-state index in [1.54, 1.807) is 0 Å². The standard InChI is InChI=1S/C8H13Cl/c1-4-6-7(3)8(9)5-2/h4-5,7H,1,6H2,2-3H3/b8-5+. The van der Waals surface area contributed by atoms with Crippen molar-refractivity contribution in [3.8, 4) is 0 Å². The Kier molecular flexibility index (Phi) is 4.51. The Hall–Kier alpha value is -0.230. The van der Waals surface area contributed by atoms with Gasteiger partial charge >= 0.3 is 0 Å². The second kappa shape index (κ2) is 4.63. The van der Waals surface area contributed by atoms with Gasteiger partial charge in [0.25, 0.3) is 0 Å². The van der Waals surface area contributed by atoms with Crippen molar-refractivity contribution in [2.24, 2.45) is 5.92 Å². The van der Waals surface area contributed by atoms with Crippen LogP contribution in [-0.2, 0) is 0 Å². The highest BCUT2D eigenvalue weighted by Crippen LogP contribution is 2.17. The van der Waals surface area contributed by atoms with Gasteiger partial charge in [-0.2, -0.15) is 0 Å². The molecule has 0 saturated carbocycles. The summed E-state index contributed by atoms with van der Waals surface area (Å²) in [6, 6.07) is 0. The summed E-state index contributed by atoms with van der Waals surface area (Å²) < 4.78 is 0. The molecule has 0 amide bonds. The predicted molar refractivity (Wildman–Crippen MR) is 43.6 cm³/mol. The van der Waals surface area contributed by atoms with Crippen LogP contribution in [0.4, 0.5) is 0 Å². The lowest BCUT2D eigenvalue weighted by molar-refractivity contribution is 0.729. The number of rotatable bonds is 3. The Morgan fingerprint density at radius 2 is 2.33 bits per heavy atom. The van der Waals surface area contributed by atoms with E-state index in [4.69, 9.17) is 11.6 Å². The van der Waals surface area contributed by atoms with Crippen LogP contribution in [0, 0.1) is 5.92 Å². The van der Waals surface area contributed by atoms with Crippen molar-refractivity contribution in [2.45, 2.75) is 20.3 Å². The van der Waals surface area contributed by atoms with Crippen LogP contribution in [-0.4, -0.2) is 0 Å². The number of hydrogen-bond donors (Lipinski definition) is 0. The molecule has 0 aromatic rings. The van der Waals surface area contributed by atoms with Crippen LogP contribution < -0.4 is 0 Å². The lowest BCUT2D eigenvalue weighted by Crippen LogP contribution is -1.90. The highest BCUT2D eigenvalue weighted by Gasteiger charge is 2.00. The van der Waals surface area contributed by atoms with Gasteiger partial charge in [-0.05, 0) is 19.3 Å². The molecule has 0 N–H and O–H groups in total. The van der Waals surface area contributed by atoms with Crippen LogP contribution in [0.1, 0.15) is 20.3 Å². The Labute approximate surface area is 62.2 Å². The number of allylic oxidation sites excluding steroid dienone is 3. The number of halogens is 1. The van der Waals surface area contributed by atoms with Crippen LogP contribution in [0.15, 0.2) is 23.8 Å². The van der Waals surface area contributed by atoms with Crippen molar-refractivity contribution in [3.63, 3.8) is 0 Å². The quantitative estimate of drug-likeness (QED) is 0.533. The minimum Gasteiger partial charge on any atom is -0.103 e. The van der Waals surface area contributed by atoms with E-state index in [1.807, 2.05) is 19.1 Å². The van der Waals surface area contributed by atoms with Crippen molar-refractivity contribution in [1.29, 1.82) is 0 Å². The van der Waals surface area contributed by atoms with Crippen LogP contribution in [0.5, 0.6) is 0 Å². The van der Waals surface area contributed by atoms with Crippen molar-refractivity contribution >= 4 is 11.6 Å². The molecule has 0 heterocycles. The Morgan fingerprint density at radius 3 is 2.67 bits per heavy atom. The molecular formula is C8H13Cl. The first-order chi connectivity index (χ1) is 4.22. The SMILES string of the molecule is C=CCC(C)/C(Cl)=C\C. The molecular weight excluding hydrogens is 132 g/mol. The third kappa shape index (κ3) is 3.36. The summed E-state index contributed by atoms with van der Waals surface area (Å²) in [5.74, 6) is 0.439. The third-order valence-corrected chi connectivity index (χ3v) is 1.86. The van der Waals surface area contributed by atoms with E-state index < -0.39 is 0 Å². The summed E-state index contributed by atoms with van der Waals surface area (Å²) in [6.45, 7) is 7.67. The van der Waals surface area contributed by atoms with E-state index in [1.165, 1.54) is 0 Å². The third-order valence-electron chi connectivity index (χ3n) is 1.27. The molecule has 0 radical (unpaired) electrons. The van der Waals surface area contributed by atoms with E-state index in [2.05, 4.69) is 13.5 Å². The number of hydrogen-bond acceptors (Lipinski definition) is 0. The zero-order valence-corrected chi connectivity index (χ0v) is 6.78. The van der Waals surface area contributed by atoms with E-state index in [0.717, 1.165) is 11.5 Å². The molecule has 0 aliphatic heterocycles. The van der Waals surface area contributed by atoms with Gasteiger partial charge in [0.1, 0.15) is 0 Å². The van der Waals surface area contributed by atoms with E-state index in [0.29, 0.717) is 5.92 Å². The summed E-state index contributed by atoms with van der Waals surface area (Å²) in [5, 5.41) is 0.926. The second-order valence-electron chi connectivity index (χ2n) is 2.10. The monoisotopic (exact) mass is 144 g/mol. The molecule has 0 aliphatic rings. The molecule has 0 saturated heterocycles. The van der Waals surface area contributed by atoms with Crippen LogP contribution in [0.25, 0.3) is 0 Å². The van der Waals surface area contributed by atoms with Crippen LogP contribution in [0.2, 0.25) is 0 Å². The molecule has 9 heavy (non-hydrogen) atoms. The van der Waals surface area contributed by atoms with Gasteiger partial charge in [0.15, 0.2) is 0 Å². The summed E-state index contributed by atoms with van der Waals surface area (Å²) in [7, 11) is 0. The fraction of sp³-hybridized carbons (Fsp3) is 0.500. The van der Waals surface area contributed by atoms with Crippen LogP contribution >= 0.6 is 11.6 Å². The zero-order chi connectivity index (χ0) is 7.28. The first-order valence-corrected chi connectivity index (χ1v) is 3.52. The van der Waals surface area contributed by atoms with Gasteiger partial charge in [0.05, 0.1) is 0 Å². The normalized spacial score (nSPS) is 15.2. The average Bonchev–Trinajstić information content (AvgIpc) is 1.87. The highest BCUT2D eigenvalue weighted by atomic mass is 35.5. The van der Waals surface area contributed by atoms with Gasteiger partial charge in [0.2, 0.25) is 0 Å². The van der Waals surface area contributed by atoms with Gasteiger partial charge in [0, 0.05) is 5.03 Å². The molecule has 0 nitrogen and oxygen atoms in total. The molecule has 0 aliphatic carbocycles. The first kappa shape index (κ1) is 8.77. The molecule has 52 valence electrons. The van der Waals surface area contributed by atoms with Crippen LogP contribution in [0.3, 0.4) is 0 Å². The van der Waals surface area contributed by atoms with Crippen molar-refractivity contribution < 1.29 is 0 Å². The summed E-state index contributed by atoms with van der Waals surface area (Å²) >= 11 is 5.81. The lowest BCUT2D eigenvalue weighted by Gasteiger charge is -2.04. The van der Waals surface area contributed by atoms with E-state index >= 15 is 0 Å². The maximum Gasteiger partial charge on any atom is 0.0169 e. The molecule has 1 unspecified atom stereocenters. The first-order valence-electron chi connectivity index (χ1n) is 3.15. The lowest BCUT2D eigenvalue weighted by atomic mass is 10.1. The molecule has 0 bridgehead atoms. The summed E-state index contributed by atoms with van der Waals surface area (Å²) in [6.07, 6.45) is 4.77. The van der Waals surface area contributed by atoms with Gasteiger partial charge in [-0.15, -0.1) is 6.58 Å². The zero-order valence-electron chi connectivity index (χ0n) is 6.02. The second-order valence-corrected chi connectivity index (χ2v) is 2.54. The largest absolute Gasteiger partial charge is 0.103 e. The smallest absolute Gasteiger partial charge is 0.0169 e. The van der Waals surface area contributed by atoms with Gasteiger partial charge < -0.3 is 0 Å². The van der Waals surface area contributed by atoms with Crippen molar-refractivity contribution in [1.82, 2.24) is 0 Å². The van der Waals surface area contributed by atoms with Crippen molar-refractivity contribution in [3.05, 3.63) is 23.8 Å². The molecule has 0 aromatic heterocycles. The maximum absolute atomic E-state index is 5.81. The molecule has 1 heteroatoms. The van der Waals surface area contributed by atoms with Gasteiger partial charge in [-0.3, -0.25) is 0 Å². The molecule has 0 aromatic carbocycles. The maximum atomic E-state index is 5.81. The van der Waals surface area contributed by atoms with E-state index in [9.17, 15) is 0 Å².